The van der Waals surface area contributed by atoms with E-state index in [2.05, 4.69) is 6.58 Å². The maximum absolute atomic E-state index is 13.1. The van der Waals surface area contributed by atoms with E-state index in [4.69, 9.17) is 5.73 Å². The fourth-order valence-electron chi connectivity index (χ4n) is 1.80. The van der Waals surface area contributed by atoms with Crippen molar-refractivity contribution in [2.75, 3.05) is 0 Å². The Labute approximate surface area is 105 Å². The summed E-state index contributed by atoms with van der Waals surface area (Å²) >= 11 is 0. The summed E-state index contributed by atoms with van der Waals surface area (Å²) in [5.74, 6) is 0. The molecule has 0 aliphatic heterocycles. The lowest BCUT2D eigenvalue weighted by Gasteiger charge is -2.17. The predicted octanol–water partition coefficient (Wildman–Crippen LogP) is 4.36. The van der Waals surface area contributed by atoms with Crippen molar-refractivity contribution >= 4 is 11.6 Å². The largest absolute Gasteiger partial charge is 0.418 e. The third-order valence-electron chi connectivity index (χ3n) is 2.57. The molecule has 18 heavy (non-hydrogen) atoms. The van der Waals surface area contributed by atoms with Crippen molar-refractivity contribution in [3.05, 3.63) is 47.7 Å². The maximum atomic E-state index is 13.1. The quantitative estimate of drug-likeness (QED) is 0.849. The zero-order valence-corrected chi connectivity index (χ0v) is 10.2. The van der Waals surface area contributed by atoms with Crippen molar-refractivity contribution in [1.82, 2.24) is 0 Å². The maximum Gasteiger partial charge on any atom is 0.418 e. The molecule has 0 radical (unpaired) electrons. The van der Waals surface area contributed by atoms with E-state index in [1.165, 1.54) is 12.1 Å². The van der Waals surface area contributed by atoms with Crippen molar-refractivity contribution in [3.8, 4) is 0 Å². The molecule has 0 amide bonds. The van der Waals surface area contributed by atoms with E-state index in [9.17, 15) is 13.2 Å². The van der Waals surface area contributed by atoms with Gasteiger partial charge in [0.25, 0.3) is 0 Å². The van der Waals surface area contributed by atoms with Crippen LogP contribution in [0.1, 0.15) is 30.9 Å². The minimum Gasteiger partial charge on any atom is -0.402 e. The summed E-state index contributed by atoms with van der Waals surface area (Å²) in [6, 6.07) is 6.24. The molecule has 1 rings (SSSR count). The Morgan fingerprint density at radius 1 is 1.33 bits per heavy atom. The average molecular weight is 255 g/mol. The van der Waals surface area contributed by atoms with Crippen LogP contribution in [0.2, 0.25) is 0 Å². The second-order valence-electron chi connectivity index (χ2n) is 3.94. The monoisotopic (exact) mass is 255 g/mol. The first kappa shape index (κ1) is 14.4. The van der Waals surface area contributed by atoms with Crippen LogP contribution in [0.15, 0.2) is 36.5 Å². The SMILES string of the molecule is C=Cc1ccccc1/C(=C(/N)CCC)C(F)(F)F. The van der Waals surface area contributed by atoms with Crippen LogP contribution in [-0.2, 0) is 0 Å². The second-order valence-corrected chi connectivity index (χ2v) is 3.94. The zero-order valence-electron chi connectivity index (χ0n) is 10.2. The summed E-state index contributed by atoms with van der Waals surface area (Å²) in [4.78, 5) is 0. The highest BCUT2D eigenvalue weighted by Crippen LogP contribution is 2.37. The van der Waals surface area contributed by atoms with Crippen molar-refractivity contribution in [3.63, 3.8) is 0 Å². The lowest BCUT2D eigenvalue weighted by Crippen LogP contribution is -2.17. The van der Waals surface area contributed by atoms with E-state index >= 15 is 0 Å². The molecule has 2 N–H and O–H groups in total. The van der Waals surface area contributed by atoms with Gasteiger partial charge in [-0.2, -0.15) is 13.2 Å². The number of rotatable bonds is 4. The molecule has 1 aromatic rings. The Morgan fingerprint density at radius 3 is 2.44 bits per heavy atom. The molecule has 0 aromatic heterocycles. The van der Waals surface area contributed by atoms with Crippen LogP contribution in [-0.4, -0.2) is 6.18 Å². The van der Waals surface area contributed by atoms with E-state index in [1.54, 1.807) is 25.1 Å². The summed E-state index contributed by atoms with van der Waals surface area (Å²) in [6.07, 6.45) is -2.26. The highest BCUT2D eigenvalue weighted by molar-refractivity contribution is 5.78. The number of benzene rings is 1. The molecular formula is C14H16F3N. The number of halogens is 3. The molecular weight excluding hydrogens is 239 g/mol. The van der Waals surface area contributed by atoms with Crippen molar-refractivity contribution in [2.45, 2.75) is 25.9 Å². The van der Waals surface area contributed by atoms with Gasteiger partial charge >= 0.3 is 6.18 Å². The topological polar surface area (TPSA) is 26.0 Å². The third kappa shape index (κ3) is 3.15. The summed E-state index contributed by atoms with van der Waals surface area (Å²) in [5, 5.41) is 0. The van der Waals surface area contributed by atoms with Crippen LogP contribution in [0.3, 0.4) is 0 Å². The highest BCUT2D eigenvalue weighted by Gasteiger charge is 2.37. The van der Waals surface area contributed by atoms with Gasteiger partial charge in [0.05, 0.1) is 5.57 Å². The van der Waals surface area contributed by atoms with E-state index in [1.807, 2.05) is 0 Å². The predicted molar refractivity (Wildman–Crippen MR) is 68.6 cm³/mol. The van der Waals surface area contributed by atoms with Crippen molar-refractivity contribution in [2.24, 2.45) is 5.73 Å². The third-order valence-corrected chi connectivity index (χ3v) is 2.57. The summed E-state index contributed by atoms with van der Waals surface area (Å²) < 4.78 is 39.4. The molecule has 0 saturated carbocycles. The molecule has 1 nitrogen and oxygen atoms in total. The highest BCUT2D eigenvalue weighted by atomic mass is 19.4. The van der Waals surface area contributed by atoms with Gasteiger partial charge in [0.1, 0.15) is 0 Å². The van der Waals surface area contributed by atoms with Gasteiger partial charge in [-0.15, -0.1) is 0 Å². The van der Waals surface area contributed by atoms with Crippen LogP contribution in [0.25, 0.3) is 11.6 Å². The second kappa shape index (κ2) is 5.76. The first-order valence-corrected chi connectivity index (χ1v) is 5.69. The van der Waals surface area contributed by atoms with Gasteiger partial charge in [-0.3, -0.25) is 0 Å². The summed E-state index contributed by atoms with van der Waals surface area (Å²) in [7, 11) is 0. The number of allylic oxidation sites excluding steroid dienone is 2. The number of alkyl halides is 3. The molecule has 0 spiro atoms. The van der Waals surface area contributed by atoms with Gasteiger partial charge < -0.3 is 5.73 Å². The van der Waals surface area contributed by atoms with Gasteiger partial charge in [-0.1, -0.05) is 50.3 Å². The number of hydrogen-bond acceptors (Lipinski definition) is 1. The Kier molecular flexibility index (Phi) is 4.59. The number of hydrogen-bond donors (Lipinski definition) is 1. The minimum atomic E-state index is -4.46. The molecule has 0 atom stereocenters. The Hall–Kier alpha value is -1.71. The molecule has 0 unspecified atom stereocenters. The van der Waals surface area contributed by atoms with Gasteiger partial charge in [0, 0.05) is 5.70 Å². The van der Waals surface area contributed by atoms with E-state index in [0.717, 1.165) is 0 Å². The van der Waals surface area contributed by atoms with E-state index < -0.39 is 11.7 Å². The molecule has 0 saturated heterocycles. The summed E-state index contributed by atoms with van der Waals surface area (Å²) in [5.41, 5.74) is 5.24. The van der Waals surface area contributed by atoms with Gasteiger partial charge in [0.15, 0.2) is 0 Å². The van der Waals surface area contributed by atoms with Crippen LogP contribution < -0.4 is 5.73 Å². The van der Waals surface area contributed by atoms with Crippen molar-refractivity contribution in [1.29, 1.82) is 0 Å². The van der Waals surface area contributed by atoms with Crippen LogP contribution in [0.4, 0.5) is 13.2 Å². The molecule has 0 aliphatic carbocycles. The Balaban J connectivity index is 3.45. The van der Waals surface area contributed by atoms with Gasteiger partial charge in [-0.25, -0.2) is 0 Å². The molecule has 98 valence electrons. The van der Waals surface area contributed by atoms with Crippen molar-refractivity contribution < 1.29 is 13.2 Å². The van der Waals surface area contributed by atoms with Gasteiger partial charge in [0.2, 0.25) is 0 Å². The molecule has 1 aromatic carbocycles. The lowest BCUT2D eigenvalue weighted by atomic mass is 9.96. The van der Waals surface area contributed by atoms with Crippen LogP contribution in [0, 0.1) is 0 Å². The molecule has 0 fully saturated rings. The molecule has 4 heteroatoms. The first-order valence-electron chi connectivity index (χ1n) is 5.69. The smallest absolute Gasteiger partial charge is 0.402 e. The van der Waals surface area contributed by atoms with Crippen LogP contribution in [0.5, 0.6) is 0 Å². The Bertz CT molecular complexity index is 458. The standard InChI is InChI=1S/C14H16F3N/c1-3-7-12(18)13(14(15,16)17)11-9-6-5-8-10(11)4-2/h4-6,8-9H,2-3,7,18H2,1H3/b13-12-. The molecule has 0 aliphatic rings. The fraction of sp³-hybridized carbons (Fsp3) is 0.286. The molecule has 0 heterocycles. The summed E-state index contributed by atoms with van der Waals surface area (Å²) in [6.45, 7) is 5.32. The average Bonchev–Trinajstić information content (AvgIpc) is 2.28. The Morgan fingerprint density at radius 2 is 1.94 bits per heavy atom. The van der Waals surface area contributed by atoms with E-state index in [0.29, 0.717) is 12.0 Å². The fourth-order valence-corrected chi connectivity index (χ4v) is 1.80. The minimum absolute atomic E-state index is 0.0888. The zero-order chi connectivity index (χ0) is 13.8. The lowest BCUT2D eigenvalue weighted by molar-refractivity contribution is -0.0695. The van der Waals surface area contributed by atoms with Gasteiger partial charge in [-0.05, 0) is 17.5 Å². The normalized spacial score (nSPS) is 13.1. The van der Waals surface area contributed by atoms with Crippen LogP contribution >= 0.6 is 0 Å². The van der Waals surface area contributed by atoms with E-state index in [-0.39, 0.29) is 17.7 Å². The number of nitrogens with two attached hydrogens (primary N) is 1. The first-order chi connectivity index (χ1) is 8.41. The molecule has 0 bridgehead atoms.